The maximum atomic E-state index is 13.2. The summed E-state index contributed by atoms with van der Waals surface area (Å²) >= 11 is 0. The fraction of sp³-hybridized carbons (Fsp3) is 0.500. The second-order valence-corrected chi connectivity index (χ2v) is 8.07. The highest BCUT2D eigenvalue weighted by molar-refractivity contribution is 5.95. The number of amides is 2. The van der Waals surface area contributed by atoms with Crippen molar-refractivity contribution in [3.63, 3.8) is 0 Å². The van der Waals surface area contributed by atoms with Crippen LogP contribution in [0, 0.1) is 0 Å². The quantitative estimate of drug-likeness (QED) is 0.609. The lowest BCUT2D eigenvalue weighted by atomic mass is 10.1. The van der Waals surface area contributed by atoms with Crippen LogP contribution in [0.4, 0.5) is 0 Å². The number of nitrogens with zero attached hydrogens (tertiary/aromatic N) is 2. The predicted molar refractivity (Wildman–Crippen MR) is 115 cm³/mol. The molecule has 2 fully saturated rings. The molecule has 31 heavy (non-hydrogen) atoms. The molecule has 0 atom stereocenters. The molecule has 7 heteroatoms. The number of rotatable bonds is 9. The van der Waals surface area contributed by atoms with Gasteiger partial charge in [0.1, 0.15) is 5.76 Å². The van der Waals surface area contributed by atoms with Crippen LogP contribution in [-0.4, -0.2) is 54.0 Å². The van der Waals surface area contributed by atoms with E-state index in [-0.39, 0.29) is 24.5 Å². The topological polar surface area (TPSA) is 72.2 Å². The summed E-state index contributed by atoms with van der Waals surface area (Å²) in [7, 11) is 0. The molecule has 2 aliphatic rings. The number of hydrogen-bond acceptors (Lipinski definition) is 5. The normalized spacial score (nSPS) is 16.1. The van der Waals surface area contributed by atoms with E-state index in [1.807, 2.05) is 28.9 Å². The summed E-state index contributed by atoms with van der Waals surface area (Å²) in [5.41, 5.74) is 0.539. The predicted octanol–water partition coefficient (Wildman–Crippen LogP) is 3.87. The smallest absolute Gasteiger partial charge is 0.260 e. The van der Waals surface area contributed by atoms with Gasteiger partial charge in [-0.15, -0.1) is 0 Å². The number of piperidine rings is 1. The second-order valence-electron chi connectivity index (χ2n) is 8.07. The number of carbonyl (C=O) groups is 2. The van der Waals surface area contributed by atoms with Crippen LogP contribution in [0.2, 0.25) is 0 Å². The van der Waals surface area contributed by atoms with E-state index in [4.69, 9.17) is 13.9 Å². The van der Waals surface area contributed by atoms with Gasteiger partial charge in [0.25, 0.3) is 11.8 Å². The highest BCUT2D eigenvalue weighted by atomic mass is 16.5. The van der Waals surface area contributed by atoms with Crippen molar-refractivity contribution in [2.75, 3.05) is 26.3 Å². The van der Waals surface area contributed by atoms with Gasteiger partial charge in [0.2, 0.25) is 0 Å². The Hall–Kier alpha value is -2.96. The molecule has 1 aliphatic heterocycles. The van der Waals surface area contributed by atoms with E-state index < -0.39 is 0 Å². The van der Waals surface area contributed by atoms with E-state index in [0.717, 1.165) is 44.5 Å². The zero-order chi connectivity index (χ0) is 21.6. The first-order valence-corrected chi connectivity index (χ1v) is 11.2. The zero-order valence-corrected chi connectivity index (χ0v) is 18.0. The lowest BCUT2D eigenvalue weighted by molar-refractivity contribution is -0.134. The molecule has 2 aromatic rings. The average Bonchev–Trinajstić information content (AvgIpc) is 3.51. The van der Waals surface area contributed by atoms with Crippen molar-refractivity contribution < 1.29 is 23.5 Å². The van der Waals surface area contributed by atoms with Gasteiger partial charge in [-0.2, -0.15) is 0 Å². The third kappa shape index (κ3) is 5.40. The Kier molecular flexibility index (Phi) is 6.79. The second kappa shape index (κ2) is 9.90. The number of likely N-dealkylation sites (tertiary alicyclic amines) is 1. The SMILES string of the molecule is CCOc1cc(C(=O)N(Cc2ccco2)C2CC2)ccc1OCC(=O)N1CCCCC1. The standard InChI is InChI=1S/C24H30N2O5/c1-2-29-22-15-18(24(28)26(19-9-10-19)16-20-7-6-14-30-20)8-11-21(22)31-17-23(27)25-12-4-3-5-13-25/h6-8,11,14-15,19H,2-5,9-10,12-13,16-17H2,1H3. The zero-order valence-electron chi connectivity index (χ0n) is 18.0. The molecule has 2 heterocycles. The third-order valence-electron chi connectivity index (χ3n) is 5.71. The summed E-state index contributed by atoms with van der Waals surface area (Å²) in [6.07, 6.45) is 6.89. The number of ether oxygens (including phenoxy) is 2. The van der Waals surface area contributed by atoms with E-state index in [9.17, 15) is 9.59 Å². The lowest BCUT2D eigenvalue weighted by Crippen LogP contribution is -2.38. The van der Waals surface area contributed by atoms with E-state index >= 15 is 0 Å². The Morgan fingerprint density at radius 2 is 1.90 bits per heavy atom. The van der Waals surface area contributed by atoms with Gasteiger partial charge in [-0.3, -0.25) is 9.59 Å². The molecule has 1 aromatic carbocycles. The summed E-state index contributed by atoms with van der Waals surface area (Å²) in [6.45, 7) is 4.32. The largest absolute Gasteiger partial charge is 0.490 e. The van der Waals surface area contributed by atoms with Gasteiger partial charge in [-0.05, 0) is 69.4 Å². The fourth-order valence-electron chi connectivity index (χ4n) is 3.89. The van der Waals surface area contributed by atoms with Crippen LogP contribution in [0.15, 0.2) is 41.0 Å². The molecule has 0 radical (unpaired) electrons. The number of furan rings is 1. The minimum atomic E-state index is -0.0594. The molecule has 0 spiro atoms. The molecule has 1 saturated heterocycles. The lowest BCUT2D eigenvalue weighted by Gasteiger charge is -2.26. The van der Waals surface area contributed by atoms with Crippen molar-refractivity contribution in [2.45, 2.75) is 51.6 Å². The molecular weight excluding hydrogens is 396 g/mol. The van der Waals surface area contributed by atoms with Crippen molar-refractivity contribution >= 4 is 11.8 Å². The van der Waals surface area contributed by atoms with Gasteiger partial charge in [-0.25, -0.2) is 0 Å². The third-order valence-corrected chi connectivity index (χ3v) is 5.71. The molecular formula is C24H30N2O5. The van der Waals surface area contributed by atoms with Gasteiger partial charge in [0.05, 0.1) is 19.4 Å². The minimum Gasteiger partial charge on any atom is -0.490 e. The summed E-state index contributed by atoms with van der Waals surface area (Å²) < 4.78 is 17.0. The summed E-state index contributed by atoms with van der Waals surface area (Å²) in [6, 6.07) is 9.12. The molecule has 1 aromatic heterocycles. The monoisotopic (exact) mass is 426 g/mol. The van der Waals surface area contributed by atoms with Crippen LogP contribution in [0.3, 0.4) is 0 Å². The first-order valence-electron chi connectivity index (χ1n) is 11.2. The molecule has 4 rings (SSSR count). The summed E-state index contributed by atoms with van der Waals surface area (Å²) in [5, 5.41) is 0. The van der Waals surface area contributed by atoms with Crippen molar-refractivity contribution in [3.8, 4) is 11.5 Å². The molecule has 166 valence electrons. The highest BCUT2D eigenvalue weighted by Crippen LogP contribution is 2.33. The van der Waals surface area contributed by atoms with Gasteiger partial charge in [-0.1, -0.05) is 0 Å². The van der Waals surface area contributed by atoms with Crippen LogP contribution in [0.1, 0.15) is 55.1 Å². The first-order chi connectivity index (χ1) is 15.2. The maximum Gasteiger partial charge on any atom is 0.260 e. The maximum absolute atomic E-state index is 13.2. The molecule has 1 saturated carbocycles. The summed E-state index contributed by atoms with van der Waals surface area (Å²) in [5.74, 6) is 1.65. The van der Waals surface area contributed by atoms with Gasteiger partial charge in [0, 0.05) is 24.7 Å². The minimum absolute atomic E-state index is 0.0133. The van der Waals surface area contributed by atoms with E-state index in [0.29, 0.717) is 30.2 Å². The average molecular weight is 427 g/mol. The van der Waals surface area contributed by atoms with Crippen molar-refractivity contribution in [1.82, 2.24) is 9.80 Å². The first kappa shape index (κ1) is 21.3. The van der Waals surface area contributed by atoms with Crippen LogP contribution in [-0.2, 0) is 11.3 Å². The Morgan fingerprint density at radius 3 is 2.58 bits per heavy atom. The summed E-state index contributed by atoms with van der Waals surface area (Å²) in [4.78, 5) is 29.4. The number of carbonyl (C=O) groups excluding carboxylic acids is 2. The fourth-order valence-corrected chi connectivity index (χ4v) is 3.89. The number of benzene rings is 1. The number of hydrogen-bond donors (Lipinski definition) is 0. The van der Waals surface area contributed by atoms with Crippen molar-refractivity contribution in [1.29, 1.82) is 0 Å². The van der Waals surface area contributed by atoms with Crippen molar-refractivity contribution in [2.24, 2.45) is 0 Å². The Bertz CT molecular complexity index is 885. The van der Waals surface area contributed by atoms with E-state index in [1.165, 1.54) is 6.42 Å². The van der Waals surface area contributed by atoms with Crippen molar-refractivity contribution in [3.05, 3.63) is 47.9 Å². The van der Waals surface area contributed by atoms with Crippen LogP contribution < -0.4 is 9.47 Å². The van der Waals surface area contributed by atoms with Crippen LogP contribution in [0.25, 0.3) is 0 Å². The van der Waals surface area contributed by atoms with Gasteiger partial charge >= 0.3 is 0 Å². The van der Waals surface area contributed by atoms with Gasteiger partial charge in [0.15, 0.2) is 18.1 Å². The Labute approximate surface area is 182 Å². The highest BCUT2D eigenvalue weighted by Gasteiger charge is 2.34. The molecule has 0 bridgehead atoms. The molecule has 7 nitrogen and oxygen atoms in total. The molecule has 0 N–H and O–H groups in total. The Morgan fingerprint density at radius 1 is 1.10 bits per heavy atom. The molecule has 0 unspecified atom stereocenters. The molecule has 1 aliphatic carbocycles. The van der Waals surface area contributed by atoms with Crippen LogP contribution in [0.5, 0.6) is 11.5 Å². The molecule has 2 amide bonds. The van der Waals surface area contributed by atoms with Gasteiger partial charge < -0.3 is 23.7 Å². The van der Waals surface area contributed by atoms with E-state index in [2.05, 4.69) is 0 Å². The van der Waals surface area contributed by atoms with E-state index in [1.54, 1.807) is 24.5 Å². The Balaban J connectivity index is 1.45. The van der Waals surface area contributed by atoms with Crippen LogP contribution >= 0.6 is 0 Å².